The zero-order chi connectivity index (χ0) is 15.6. The van der Waals surface area contributed by atoms with Crippen molar-refractivity contribution in [2.45, 2.75) is 36.8 Å². The predicted octanol–water partition coefficient (Wildman–Crippen LogP) is 0.770. The molecule has 0 bridgehead atoms. The number of hydrogen-bond donors (Lipinski definition) is 2. The minimum absolute atomic E-state index is 0.113. The second-order valence-electron chi connectivity index (χ2n) is 5.00. The monoisotopic (exact) mass is 316 g/mol. The number of ether oxygens (including phenoxy) is 1. The zero-order valence-corrected chi connectivity index (χ0v) is 12.3. The van der Waals surface area contributed by atoms with Gasteiger partial charge in [0.2, 0.25) is 10.0 Å². The summed E-state index contributed by atoms with van der Waals surface area (Å²) in [7, 11) is -3.99. The molecule has 2 rings (SSSR count). The smallest absolute Gasteiger partial charge is 0.254 e. The summed E-state index contributed by atoms with van der Waals surface area (Å²) in [5, 5.41) is 7.59. The van der Waals surface area contributed by atoms with E-state index in [0.717, 1.165) is 31.0 Å². The molecule has 8 heteroatoms. The fraction of sp³-hybridized carbons (Fsp3) is 0.462. The second-order valence-corrected chi connectivity index (χ2v) is 6.56. The third-order valence-electron chi connectivity index (χ3n) is 3.39. The molecule has 2 unspecified atom stereocenters. The van der Waals surface area contributed by atoms with Crippen molar-refractivity contribution in [3.8, 4) is 0 Å². The van der Waals surface area contributed by atoms with Gasteiger partial charge in [-0.05, 0) is 38.0 Å². The van der Waals surface area contributed by atoms with Crippen LogP contribution in [0.1, 0.15) is 30.1 Å². The van der Waals surface area contributed by atoms with Crippen molar-refractivity contribution in [2.75, 3.05) is 6.61 Å². The Morgan fingerprint density at radius 3 is 2.81 bits per heavy atom. The molecule has 6 nitrogen and oxygen atoms in total. The Morgan fingerprint density at radius 1 is 1.52 bits per heavy atom. The normalized spacial score (nSPS) is 20.2. The number of halogens is 1. The molecule has 1 heterocycles. The van der Waals surface area contributed by atoms with Crippen molar-refractivity contribution in [1.82, 2.24) is 5.32 Å². The van der Waals surface area contributed by atoms with Crippen molar-refractivity contribution < 1.29 is 22.3 Å². The molecule has 1 aromatic carbocycles. The maximum Gasteiger partial charge on any atom is 0.254 e. The Labute approximate surface area is 122 Å². The van der Waals surface area contributed by atoms with E-state index in [1.54, 1.807) is 6.92 Å². The molecule has 1 aliphatic rings. The van der Waals surface area contributed by atoms with Crippen LogP contribution in [0.4, 0.5) is 4.39 Å². The van der Waals surface area contributed by atoms with E-state index in [9.17, 15) is 17.6 Å². The number of rotatable bonds is 4. The Balaban J connectivity index is 2.18. The number of amides is 1. The molecule has 116 valence electrons. The first-order valence-electron chi connectivity index (χ1n) is 6.54. The summed E-state index contributed by atoms with van der Waals surface area (Å²) in [6, 6.07) is 2.57. The molecule has 2 atom stereocenters. The quantitative estimate of drug-likeness (QED) is 0.857. The minimum atomic E-state index is -3.99. The van der Waals surface area contributed by atoms with Gasteiger partial charge in [-0.2, -0.15) is 0 Å². The lowest BCUT2D eigenvalue weighted by Crippen LogP contribution is -2.41. The van der Waals surface area contributed by atoms with Crippen LogP contribution in [-0.4, -0.2) is 33.1 Å². The van der Waals surface area contributed by atoms with Crippen molar-refractivity contribution in [2.24, 2.45) is 5.14 Å². The number of carbonyl (C=O) groups is 1. The summed E-state index contributed by atoms with van der Waals surface area (Å²) in [5.74, 6) is -1.50. The van der Waals surface area contributed by atoms with Crippen molar-refractivity contribution in [3.05, 3.63) is 29.6 Å². The highest BCUT2D eigenvalue weighted by molar-refractivity contribution is 7.89. The fourth-order valence-electron chi connectivity index (χ4n) is 2.23. The van der Waals surface area contributed by atoms with Gasteiger partial charge in [-0.25, -0.2) is 17.9 Å². The number of hydrogen-bond acceptors (Lipinski definition) is 4. The van der Waals surface area contributed by atoms with Crippen LogP contribution in [0, 0.1) is 5.82 Å². The van der Waals surface area contributed by atoms with Gasteiger partial charge in [0.05, 0.1) is 22.6 Å². The topological polar surface area (TPSA) is 98.5 Å². The molecular formula is C13H17FN2O4S. The molecule has 3 N–H and O–H groups in total. The van der Waals surface area contributed by atoms with Crippen LogP contribution in [0.5, 0.6) is 0 Å². The van der Waals surface area contributed by atoms with Crippen LogP contribution >= 0.6 is 0 Å². The predicted molar refractivity (Wildman–Crippen MR) is 73.7 cm³/mol. The first-order valence-corrected chi connectivity index (χ1v) is 8.08. The van der Waals surface area contributed by atoms with Gasteiger partial charge in [0.1, 0.15) is 5.82 Å². The van der Waals surface area contributed by atoms with Crippen LogP contribution in [0.15, 0.2) is 23.1 Å². The van der Waals surface area contributed by atoms with Gasteiger partial charge in [0.25, 0.3) is 5.91 Å². The zero-order valence-electron chi connectivity index (χ0n) is 11.5. The molecule has 0 saturated carbocycles. The first kappa shape index (κ1) is 15.9. The third-order valence-corrected chi connectivity index (χ3v) is 4.30. The molecule has 1 aromatic rings. The molecular weight excluding hydrogens is 299 g/mol. The van der Waals surface area contributed by atoms with E-state index in [1.807, 2.05) is 0 Å². The van der Waals surface area contributed by atoms with Crippen LogP contribution in [0.2, 0.25) is 0 Å². The average molecular weight is 316 g/mol. The fourth-order valence-corrected chi connectivity index (χ4v) is 2.77. The van der Waals surface area contributed by atoms with Crippen molar-refractivity contribution in [1.29, 1.82) is 0 Å². The lowest BCUT2D eigenvalue weighted by atomic mass is 10.1. The van der Waals surface area contributed by atoms with Gasteiger partial charge in [-0.1, -0.05) is 0 Å². The lowest BCUT2D eigenvalue weighted by Gasteiger charge is -2.20. The molecule has 1 aliphatic heterocycles. The van der Waals surface area contributed by atoms with Crippen LogP contribution in [-0.2, 0) is 14.8 Å². The number of sulfonamides is 1. The molecule has 0 aromatic heterocycles. The Kier molecular flexibility index (Phi) is 4.60. The number of nitrogens with one attached hydrogen (secondary N) is 1. The summed E-state index contributed by atoms with van der Waals surface area (Å²) in [6.07, 6.45) is 1.62. The second kappa shape index (κ2) is 6.08. The van der Waals surface area contributed by atoms with Crippen LogP contribution in [0.3, 0.4) is 0 Å². The van der Waals surface area contributed by atoms with Crippen LogP contribution in [0.25, 0.3) is 0 Å². The molecule has 0 radical (unpaired) electrons. The van der Waals surface area contributed by atoms with Gasteiger partial charge in [-0.15, -0.1) is 0 Å². The molecule has 0 aliphatic carbocycles. The molecule has 21 heavy (non-hydrogen) atoms. The first-order chi connectivity index (χ1) is 9.79. The highest BCUT2D eigenvalue weighted by Crippen LogP contribution is 2.17. The summed E-state index contributed by atoms with van der Waals surface area (Å²) in [5.41, 5.74) is -0.355. The molecule has 1 saturated heterocycles. The van der Waals surface area contributed by atoms with Gasteiger partial charge in [0, 0.05) is 6.61 Å². The summed E-state index contributed by atoms with van der Waals surface area (Å²) >= 11 is 0. The Hall–Kier alpha value is -1.51. The van der Waals surface area contributed by atoms with Gasteiger partial charge in [-0.3, -0.25) is 4.79 Å². The largest absolute Gasteiger partial charge is 0.376 e. The Bertz CT molecular complexity index is 642. The van der Waals surface area contributed by atoms with E-state index < -0.39 is 21.7 Å². The summed E-state index contributed by atoms with van der Waals surface area (Å²) in [6.45, 7) is 2.40. The van der Waals surface area contributed by atoms with Crippen LogP contribution < -0.4 is 10.5 Å². The van der Waals surface area contributed by atoms with E-state index in [2.05, 4.69) is 5.32 Å². The Morgan fingerprint density at radius 2 is 2.24 bits per heavy atom. The standard InChI is InChI=1S/C13H17FN2O4S/c1-8(12-3-2-6-20-12)16-13(17)10-7-9(21(15,18)19)4-5-11(10)14/h4-5,7-8,12H,2-3,6H2,1H3,(H,16,17)(H2,15,18,19). The van der Waals surface area contributed by atoms with E-state index in [1.165, 1.54) is 0 Å². The maximum absolute atomic E-state index is 13.7. The van der Waals surface area contributed by atoms with Gasteiger partial charge >= 0.3 is 0 Å². The minimum Gasteiger partial charge on any atom is -0.376 e. The van der Waals surface area contributed by atoms with Gasteiger partial charge < -0.3 is 10.1 Å². The molecule has 1 fully saturated rings. The summed E-state index contributed by atoms with van der Waals surface area (Å²) < 4.78 is 41.7. The molecule has 0 spiro atoms. The number of primary sulfonamides is 1. The average Bonchev–Trinajstić information content (AvgIpc) is 2.91. The highest BCUT2D eigenvalue weighted by Gasteiger charge is 2.25. The van der Waals surface area contributed by atoms with Gasteiger partial charge in [0.15, 0.2) is 0 Å². The number of nitrogens with two attached hydrogens (primary N) is 1. The van der Waals surface area contributed by atoms with Crippen molar-refractivity contribution >= 4 is 15.9 Å². The highest BCUT2D eigenvalue weighted by atomic mass is 32.2. The number of benzene rings is 1. The number of carbonyl (C=O) groups excluding carboxylic acids is 1. The van der Waals surface area contributed by atoms with E-state index in [4.69, 9.17) is 9.88 Å². The van der Waals surface area contributed by atoms with E-state index in [-0.39, 0.29) is 22.6 Å². The summed E-state index contributed by atoms with van der Waals surface area (Å²) in [4.78, 5) is 11.8. The SMILES string of the molecule is CC(NC(=O)c1cc(S(N)(=O)=O)ccc1F)C1CCCO1. The van der Waals surface area contributed by atoms with E-state index in [0.29, 0.717) is 6.61 Å². The van der Waals surface area contributed by atoms with E-state index >= 15 is 0 Å². The molecule has 1 amide bonds. The maximum atomic E-state index is 13.7. The lowest BCUT2D eigenvalue weighted by molar-refractivity contribution is 0.0710. The van der Waals surface area contributed by atoms with Crippen molar-refractivity contribution in [3.63, 3.8) is 0 Å². The third kappa shape index (κ3) is 3.78.